The number of rotatable bonds is 54. The molecule has 0 radical (unpaired) electrons. The number of carbonyl (C=O) groups is 2. The molecule has 0 aromatic rings. The van der Waals surface area contributed by atoms with Gasteiger partial charge in [0.2, 0.25) is 0 Å². The Hall–Kier alpha value is -3.96. The van der Waals surface area contributed by atoms with Gasteiger partial charge in [-0.25, -0.2) is 0 Å². The molecule has 0 saturated heterocycles. The van der Waals surface area contributed by atoms with Crippen molar-refractivity contribution in [2.24, 2.45) is 0 Å². The maximum absolute atomic E-state index is 12.3. The minimum absolute atomic E-state index is 0.0781. The summed E-state index contributed by atoms with van der Waals surface area (Å²) in [7, 11) is 0. The van der Waals surface area contributed by atoms with E-state index in [0.29, 0.717) is 12.8 Å². The van der Waals surface area contributed by atoms with Gasteiger partial charge in [-0.15, -0.1) is 0 Å². The molecule has 0 aliphatic heterocycles. The molecule has 1 atom stereocenters. The van der Waals surface area contributed by atoms with Gasteiger partial charge in [-0.05, 0) is 96.3 Å². The molecule has 0 aliphatic carbocycles. The van der Waals surface area contributed by atoms with Crippen molar-refractivity contribution < 1.29 is 24.2 Å². The maximum Gasteiger partial charge on any atom is 0.306 e. The fraction of sp³-hybridized carbons (Fsp3) is 0.647. The fourth-order valence-corrected chi connectivity index (χ4v) is 8.21. The molecule has 0 spiro atoms. The molecule has 1 unspecified atom stereocenters. The fourth-order valence-electron chi connectivity index (χ4n) is 8.21. The number of carbonyl (C=O) groups excluding carboxylic acids is 2. The highest BCUT2D eigenvalue weighted by atomic mass is 16.6. The van der Waals surface area contributed by atoms with Crippen LogP contribution in [0.25, 0.3) is 0 Å². The molecule has 73 heavy (non-hydrogen) atoms. The SMILES string of the molecule is CC/C=C\C/C=C\C/C=C\C/C=C\C/C=C\C/C=C\C/C=C\C/C=C\C/C=C\C/C=C\C/C=C\CCCCCCCC(=O)OC(CO)COC(=O)CCCCCCCCCCCCCCCCCCCCCC. The predicted octanol–water partition coefficient (Wildman–Crippen LogP) is 20.8. The largest absolute Gasteiger partial charge is 0.462 e. The second-order valence-electron chi connectivity index (χ2n) is 19.7. The Morgan fingerprint density at radius 3 is 0.890 bits per heavy atom. The van der Waals surface area contributed by atoms with Crippen LogP contribution in [0.3, 0.4) is 0 Å². The first-order chi connectivity index (χ1) is 36.1. The zero-order valence-electron chi connectivity index (χ0n) is 47.4. The van der Waals surface area contributed by atoms with Crippen LogP contribution < -0.4 is 0 Å². The number of unbranched alkanes of at least 4 members (excludes halogenated alkanes) is 24. The molecule has 0 bridgehead atoms. The molecule has 414 valence electrons. The second kappa shape index (κ2) is 62.3. The van der Waals surface area contributed by atoms with Crippen molar-refractivity contribution in [3.8, 4) is 0 Å². The zero-order chi connectivity index (χ0) is 52.7. The van der Waals surface area contributed by atoms with Gasteiger partial charge in [-0.1, -0.05) is 289 Å². The highest BCUT2D eigenvalue weighted by molar-refractivity contribution is 5.70. The molecule has 0 aliphatic rings. The van der Waals surface area contributed by atoms with Crippen LogP contribution >= 0.6 is 0 Å². The topological polar surface area (TPSA) is 72.8 Å². The van der Waals surface area contributed by atoms with Gasteiger partial charge in [-0.3, -0.25) is 9.59 Å². The van der Waals surface area contributed by atoms with Crippen LogP contribution in [0.5, 0.6) is 0 Å². The van der Waals surface area contributed by atoms with Gasteiger partial charge in [0.1, 0.15) is 6.61 Å². The van der Waals surface area contributed by atoms with Gasteiger partial charge in [0.25, 0.3) is 0 Å². The third kappa shape index (κ3) is 60.5. The van der Waals surface area contributed by atoms with Crippen molar-refractivity contribution in [1.82, 2.24) is 0 Å². The van der Waals surface area contributed by atoms with E-state index < -0.39 is 6.10 Å². The predicted molar refractivity (Wildman–Crippen MR) is 320 cm³/mol. The first-order valence-electron chi connectivity index (χ1n) is 30.2. The van der Waals surface area contributed by atoms with Crippen LogP contribution in [0.4, 0.5) is 0 Å². The van der Waals surface area contributed by atoms with E-state index in [9.17, 15) is 14.7 Å². The lowest BCUT2D eigenvalue weighted by Crippen LogP contribution is -2.28. The summed E-state index contributed by atoms with van der Waals surface area (Å²) in [5, 5.41) is 9.66. The summed E-state index contributed by atoms with van der Waals surface area (Å²) in [5.41, 5.74) is 0. The quantitative estimate of drug-likeness (QED) is 0.0373. The molecule has 0 amide bonds. The number of aliphatic hydroxyl groups excluding tert-OH is 1. The van der Waals surface area contributed by atoms with E-state index in [0.717, 1.165) is 128 Å². The van der Waals surface area contributed by atoms with Gasteiger partial charge < -0.3 is 14.6 Å². The van der Waals surface area contributed by atoms with Crippen molar-refractivity contribution in [2.45, 2.75) is 270 Å². The molecule has 5 heteroatoms. The number of hydrogen-bond acceptors (Lipinski definition) is 5. The Balaban J connectivity index is 3.62. The van der Waals surface area contributed by atoms with Gasteiger partial charge in [0.05, 0.1) is 6.61 Å². The van der Waals surface area contributed by atoms with Crippen molar-refractivity contribution in [1.29, 1.82) is 0 Å². The van der Waals surface area contributed by atoms with E-state index in [4.69, 9.17) is 9.47 Å². The zero-order valence-corrected chi connectivity index (χ0v) is 47.4. The molecular weight excluding hydrogens is 897 g/mol. The first kappa shape index (κ1) is 69.0. The normalized spacial score (nSPS) is 13.2. The Bertz CT molecular complexity index is 1520. The van der Waals surface area contributed by atoms with Gasteiger partial charge in [0, 0.05) is 12.8 Å². The molecule has 0 heterocycles. The molecular formula is C68H112O5. The average Bonchev–Trinajstić information content (AvgIpc) is 3.39. The van der Waals surface area contributed by atoms with Gasteiger partial charge in [-0.2, -0.15) is 0 Å². The molecule has 5 nitrogen and oxygen atoms in total. The van der Waals surface area contributed by atoms with Crippen LogP contribution in [0, 0.1) is 0 Å². The van der Waals surface area contributed by atoms with Crippen LogP contribution in [0.2, 0.25) is 0 Å². The summed E-state index contributed by atoms with van der Waals surface area (Å²) >= 11 is 0. The number of hydrogen-bond donors (Lipinski definition) is 1. The maximum atomic E-state index is 12.3. The van der Waals surface area contributed by atoms with Crippen molar-refractivity contribution in [3.63, 3.8) is 0 Å². The van der Waals surface area contributed by atoms with E-state index in [2.05, 4.69) is 148 Å². The van der Waals surface area contributed by atoms with Gasteiger partial charge >= 0.3 is 11.9 Å². The van der Waals surface area contributed by atoms with Crippen LogP contribution in [0.15, 0.2) is 134 Å². The molecule has 0 saturated carbocycles. The number of aliphatic hydroxyl groups is 1. The summed E-state index contributed by atoms with van der Waals surface area (Å²) < 4.78 is 10.7. The van der Waals surface area contributed by atoms with Crippen LogP contribution in [0.1, 0.15) is 264 Å². The summed E-state index contributed by atoms with van der Waals surface area (Å²) in [6.07, 6.45) is 92.9. The Kier molecular flexibility index (Phi) is 59.0. The Morgan fingerprint density at radius 1 is 0.329 bits per heavy atom. The molecule has 0 fully saturated rings. The third-order valence-corrected chi connectivity index (χ3v) is 12.7. The van der Waals surface area contributed by atoms with Crippen molar-refractivity contribution >= 4 is 11.9 Å². The Labute approximate surface area is 451 Å². The van der Waals surface area contributed by atoms with E-state index in [1.54, 1.807) is 0 Å². The summed E-state index contributed by atoms with van der Waals surface area (Å²) in [5.74, 6) is -0.612. The van der Waals surface area contributed by atoms with E-state index in [1.807, 2.05) is 0 Å². The number of ether oxygens (including phenoxy) is 2. The second-order valence-corrected chi connectivity index (χ2v) is 19.7. The van der Waals surface area contributed by atoms with Crippen LogP contribution in [-0.4, -0.2) is 36.4 Å². The number of esters is 2. The Morgan fingerprint density at radius 2 is 0.589 bits per heavy atom. The van der Waals surface area contributed by atoms with E-state index in [1.165, 1.54) is 109 Å². The lowest BCUT2D eigenvalue weighted by Gasteiger charge is -2.15. The molecule has 1 N–H and O–H groups in total. The molecule has 0 rings (SSSR count). The standard InChI is InChI=1S/C68H112O5/c1-3-5-7-9-11-13-15-17-19-21-23-25-26-27-28-29-30-31-32-33-34-35-36-37-38-39-40-41-42-43-45-47-49-51-53-55-57-59-61-63-68(71)73-66(64-69)65-72-67(70)62-60-58-56-54-52-50-48-46-44-24-22-20-18-16-14-12-10-8-6-4-2/h5,7,11,13,17,19,23,25,27-28,30-31,33-34,36-37,39-40,42-43,47,49,66,69H,3-4,6,8-10,12,14-16,18,20-22,24,26,29,32,35,38,41,44-46,48,50-65H2,1-2H3/b7-5-,13-11-,19-17-,25-23-,28-27-,31-30-,34-33-,37-36-,40-39-,43-42-,49-47-. The highest BCUT2D eigenvalue weighted by Crippen LogP contribution is 2.16. The van der Waals surface area contributed by atoms with E-state index in [-0.39, 0.29) is 25.2 Å². The van der Waals surface area contributed by atoms with Gasteiger partial charge in [0.15, 0.2) is 6.10 Å². The minimum Gasteiger partial charge on any atom is -0.462 e. The molecule has 0 aromatic heterocycles. The summed E-state index contributed by atoms with van der Waals surface area (Å²) in [6, 6.07) is 0. The lowest BCUT2D eigenvalue weighted by molar-refractivity contribution is -0.161. The first-order valence-corrected chi connectivity index (χ1v) is 30.2. The summed E-state index contributed by atoms with van der Waals surface area (Å²) in [6.45, 7) is 4.03. The highest BCUT2D eigenvalue weighted by Gasteiger charge is 2.16. The monoisotopic (exact) mass is 1010 g/mol. The van der Waals surface area contributed by atoms with Crippen molar-refractivity contribution in [2.75, 3.05) is 13.2 Å². The third-order valence-electron chi connectivity index (χ3n) is 12.7. The van der Waals surface area contributed by atoms with E-state index >= 15 is 0 Å². The summed E-state index contributed by atoms with van der Waals surface area (Å²) in [4.78, 5) is 24.5. The average molecular weight is 1010 g/mol. The minimum atomic E-state index is -0.790. The van der Waals surface area contributed by atoms with Crippen LogP contribution in [-0.2, 0) is 19.1 Å². The number of allylic oxidation sites excluding steroid dienone is 22. The van der Waals surface area contributed by atoms with Crippen molar-refractivity contribution in [3.05, 3.63) is 134 Å². The lowest BCUT2D eigenvalue weighted by atomic mass is 10.0. The molecule has 0 aromatic carbocycles. The smallest absolute Gasteiger partial charge is 0.306 e.